The van der Waals surface area contributed by atoms with Gasteiger partial charge in [0.2, 0.25) is 5.91 Å². The first-order valence-corrected chi connectivity index (χ1v) is 6.78. The second kappa shape index (κ2) is 6.23. The highest BCUT2D eigenvalue weighted by molar-refractivity contribution is 6.00. The third-order valence-electron chi connectivity index (χ3n) is 3.06. The monoisotopic (exact) mass is 273 g/mol. The van der Waals surface area contributed by atoms with Crippen molar-refractivity contribution >= 4 is 22.7 Å². The minimum Gasteiger partial charge on any atom is -0.354 e. The largest absolute Gasteiger partial charge is 0.354 e. The number of carbonyl (C=O) groups excluding carboxylic acids is 2. The number of fused-ring (bicyclic) bond motifs is 1. The van der Waals surface area contributed by atoms with Crippen LogP contribution < -0.4 is 10.6 Å². The summed E-state index contributed by atoms with van der Waals surface area (Å²) >= 11 is 0. The summed E-state index contributed by atoms with van der Waals surface area (Å²) in [7, 11) is 0. The molecule has 1 aromatic carbocycles. The van der Waals surface area contributed by atoms with E-state index in [0.717, 1.165) is 17.3 Å². The summed E-state index contributed by atoms with van der Waals surface area (Å²) in [6, 6.07) is 8.88. The molecule has 5 nitrogen and oxygen atoms in total. The Morgan fingerprint density at radius 1 is 1.30 bits per heavy atom. The second-order valence-electron chi connectivity index (χ2n) is 4.76. The predicted molar refractivity (Wildman–Crippen MR) is 78.5 cm³/mol. The molecule has 106 valence electrons. The quantitative estimate of drug-likeness (QED) is 0.777. The van der Waals surface area contributed by atoms with Crippen molar-refractivity contribution in [2.45, 2.75) is 26.3 Å². The van der Waals surface area contributed by atoms with Crippen LogP contribution in [0.15, 0.2) is 30.3 Å². The molecule has 1 atom stereocenters. The van der Waals surface area contributed by atoms with Crippen molar-refractivity contribution in [1.82, 2.24) is 15.6 Å². The van der Waals surface area contributed by atoms with E-state index in [4.69, 9.17) is 0 Å². The highest BCUT2D eigenvalue weighted by atomic mass is 16.2. The Bertz CT molecular complexity index is 585. The molecule has 0 saturated heterocycles. The van der Waals surface area contributed by atoms with Gasteiger partial charge in [-0.2, -0.15) is 0 Å². The zero-order valence-electron chi connectivity index (χ0n) is 11.7. The van der Waals surface area contributed by atoms with Gasteiger partial charge < -0.3 is 15.6 Å². The Balaban J connectivity index is 2.02. The van der Waals surface area contributed by atoms with Crippen LogP contribution >= 0.6 is 0 Å². The third kappa shape index (κ3) is 3.17. The number of carbonyl (C=O) groups is 2. The maximum atomic E-state index is 12.1. The van der Waals surface area contributed by atoms with E-state index in [1.807, 2.05) is 31.2 Å². The first-order valence-electron chi connectivity index (χ1n) is 6.78. The van der Waals surface area contributed by atoms with Gasteiger partial charge in [-0.05, 0) is 25.5 Å². The predicted octanol–water partition coefficient (Wildman–Crippen LogP) is 1.81. The molecule has 2 aromatic rings. The highest BCUT2D eigenvalue weighted by Crippen LogP contribution is 2.14. The summed E-state index contributed by atoms with van der Waals surface area (Å²) in [5.74, 6) is -0.448. The number of aromatic nitrogens is 1. The standard InChI is InChI=1S/C15H19N3O2/c1-3-8-16-14(19)10(2)17-15(20)13-9-11-6-4-5-7-12(11)18-13/h4-7,9-10,18H,3,8H2,1-2H3,(H,16,19)(H,17,20). The lowest BCUT2D eigenvalue weighted by Crippen LogP contribution is -2.45. The van der Waals surface area contributed by atoms with E-state index in [0.29, 0.717) is 12.2 Å². The zero-order valence-corrected chi connectivity index (χ0v) is 11.7. The molecule has 2 rings (SSSR count). The van der Waals surface area contributed by atoms with Crippen LogP contribution in [0.2, 0.25) is 0 Å². The molecule has 5 heteroatoms. The highest BCUT2D eigenvalue weighted by Gasteiger charge is 2.17. The van der Waals surface area contributed by atoms with Crippen molar-refractivity contribution in [1.29, 1.82) is 0 Å². The molecule has 1 unspecified atom stereocenters. The van der Waals surface area contributed by atoms with E-state index in [2.05, 4.69) is 15.6 Å². The average molecular weight is 273 g/mol. The van der Waals surface area contributed by atoms with Gasteiger partial charge in [-0.1, -0.05) is 25.1 Å². The lowest BCUT2D eigenvalue weighted by atomic mass is 10.2. The van der Waals surface area contributed by atoms with Crippen LogP contribution in [0.25, 0.3) is 10.9 Å². The van der Waals surface area contributed by atoms with Crippen molar-refractivity contribution in [3.05, 3.63) is 36.0 Å². The smallest absolute Gasteiger partial charge is 0.268 e. The fourth-order valence-electron chi connectivity index (χ4n) is 1.94. The maximum Gasteiger partial charge on any atom is 0.268 e. The van der Waals surface area contributed by atoms with Crippen molar-refractivity contribution in [2.24, 2.45) is 0 Å². The van der Waals surface area contributed by atoms with Crippen LogP contribution in [0, 0.1) is 0 Å². The van der Waals surface area contributed by atoms with Gasteiger partial charge in [0, 0.05) is 17.4 Å². The maximum absolute atomic E-state index is 12.1. The molecule has 0 bridgehead atoms. The van der Waals surface area contributed by atoms with Gasteiger partial charge >= 0.3 is 0 Å². The molecule has 0 fully saturated rings. The average Bonchev–Trinajstić information content (AvgIpc) is 2.88. The number of para-hydroxylation sites is 1. The first-order chi connectivity index (χ1) is 9.61. The van der Waals surface area contributed by atoms with Crippen molar-refractivity contribution < 1.29 is 9.59 Å². The molecule has 1 heterocycles. The van der Waals surface area contributed by atoms with E-state index < -0.39 is 6.04 Å². The van der Waals surface area contributed by atoms with E-state index in [1.54, 1.807) is 13.0 Å². The van der Waals surface area contributed by atoms with Gasteiger partial charge in [-0.3, -0.25) is 9.59 Å². The lowest BCUT2D eigenvalue weighted by Gasteiger charge is -2.13. The summed E-state index contributed by atoms with van der Waals surface area (Å²) in [5.41, 5.74) is 1.36. The number of aromatic amines is 1. The second-order valence-corrected chi connectivity index (χ2v) is 4.76. The number of H-pyrrole nitrogens is 1. The Morgan fingerprint density at radius 3 is 2.75 bits per heavy atom. The molecule has 1 aromatic heterocycles. The number of benzene rings is 1. The van der Waals surface area contributed by atoms with Crippen LogP contribution in [-0.2, 0) is 4.79 Å². The van der Waals surface area contributed by atoms with Crippen molar-refractivity contribution in [3.63, 3.8) is 0 Å². The van der Waals surface area contributed by atoms with E-state index in [1.165, 1.54) is 0 Å². The topological polar surface area (TPSA) is 74.0 Å². The number of rotatable bonds is 5. The molecular weight excluding hydrogens is 254 g/mol. The van der Waals surface area contributed by atoms with Crippen LogP contribution in [0.4, 0.5) is 0 Å². The number of hydrogen-bond acceptors (Lipinski definition) is 2. The fourth-order valence-corrected chi connectivity index (χ4v) is 1.94. The molecule has 3 N–H and O–H groups in total. The Kier molecular flexibility index (Phi) is 4.40. The van der Waals surface area contributed by atoms with Gasteiger partial charge in [0.25, 0.3) is 5.91 Å². The molecule has 0 radical (unpaired) electrons. The van der Waals surface area contributed by atoms with E-state index in [-0.39, 0.29) is 11.8 Å². The van der Waals surface area contributed by atoms with Gasteiger partial charge in [-0.25, -0.2) is 0 Å². The van der Waals surface area contributed by atoms with E-state index in [9.17, 15) is 9.59 Å². The summed E-state index contributed by atoms with van der Waals surface area (Å²) in [6.45, 7) is 4.27. The van der Waals surface area contributed by atoms with Crippen LogP contribution in [0.3, 0.4) is 0 Å². The first kappa shape index (κ1) is 14.1. The summed E-state index contributed by atoms with van der Waals surface area (Å²) in [4.78, 5) is 26.8. The minimum atomic E-state index is -0.555. The minimum absolute atomic E-state index is 0.170. The zero-order chi connectivity index (χ0) is 14.5. The van der Waals surface area contributed by atoms with Crippen LogP contribution in [0.5, 0.6) is 0 Å². The number of hydrogen-bond donors (Lipinski definition) is 3. The summed E-state index contributed by atoms with van der Waals surface area (Å²) in [5, 5.41) is 6.41. The van der Waals surface area contributed by atoms with Crippen LogP contribution in [0.1, 0.15) is 30.8 Å². The van der Waals surface area contributed by atoms with Crippen molar-refractivity contribution in [2.75, 3.05) is 6.54 Å². The number of amides is 2. The van der Waals surface area contributed by atoms with Crippen LogP contribution in [-0.4, -0.2) is 29.4 Å². The van der Waals surface area contributed by atoms with Gasteiger partial charge in [0.05, 0.1) is 0 Å². The Hall–Kier alpha value is -2.30. The molecule has 20 heavy (non-hydrogen) atoms. The van der Waals surface area contributed by atoms with Crippen molar-refractivity contribution in [3.8, 4) is 0 Å². The third-order valence-corrected chi connectivity index (χ3v) is 3.06. The fraction of sp³-hybridized carbons (Fsp3) is 0.333. The molecule has 2 amide bonds. The lowest BCUT2D eigenvalue weighted by molar-refractivity contribution is -0.122. The SMILES string of the molecule is CCCNC(=O)C(C)NC(=O)c1cc2ccccc2[nH]1. The molecule has 0 aliphatic heterocycles. The Labute approximate surface area is 117 Å². The van der Waals surface area contributed by atoms with Gasteiger partial charge in [0.15, 0.2) is 0 Å². The molecular formula is C15H19N3O2. The Morgan fingerprint density at radius 2 is 2.05 bits per heavy atom. The van der Waals surface area contributed by atoms with Gasteiger partial charge in [-0.15, -0.1) is 0 Å². The number of nitrogens with one attached hydrogen (secondary N) is 3. The molecule has 0 saturated carbocycles. The molecule has 0 aliphatic rings. The summed E-state index contributed by atoms with van der Waals surface area (Å²) < 4.78 is 0. The van der Waals surface area contributed by atoms with E-state index >= 15 is 0 Å². The summed E-state index contributed by atoms with van der Waals surface area (Å²) in [6.07, 6.45) is 0.869. The normalized spacial score (nSPS) is 12.1. The van der Waals surface area contributed by atoms with Gasteiger partial charge in [0.1, 0.15) is 11.7 Å². The molecule has 0 spiro atoms. The molecule has 0 aliphatic carbocycles.